The molecule has 3 aliphatic heterocycles. The van der Waals surface area contributed by atoms with Gasteiger partial charge < -0.3 is 20.1 Å². The van der Waals surface area contributed by atoms with Crippen LogP contribution in [0.15, 0.2) is 146 Å². The highest BCUT2D eigenvalue weighted by Crippen LogP contribution is 2.65. The summed E-state index contributed by atoms with van der Waals surface area (Å²) in [5.41, 5.74) is 10.6. The summed E-state index contributed by atoms with van der Waals surface area (Å²) in [4.78, 5) is 36.2. The Morgan fingerprint density at radius 2 is 1.42 bits per heavy atom. The minimum atomic E-state index is -0.747. The van der Waals surface area contributed by atoms with Gasteiger partial charge in [0.15, 0.2) is 0 Å². The number of fused-ring (bicyclic) bond motifs is 3. The Hall–Kier alpha value is -5.69. The van der Waals surface area contributed by atoms with Gasteiger partial charge in [0.1, 0.15) is 23.4 Å². The number of hydrogen-bond donors (Lipinski definition) is 1. The molecule has 0 unspecified atom stereocenters. The molecule has 0 radical (unpaired) electrons. The Labute approximate surface area is 280 Å². The van der Waals surface area contributed by atoms with Crippen molar-refractivity contribution in [3.63, 3.8) is 0 Å². The first-order valence-corrected chi connectivity index (χ1v) is 16.3. The highest BCUT2D eigenvalue weighted by Gasteiger charge is 2.71. The fourth-order valence-electron chi connectivity index (χ4n) is 8.67. The quantitative estimate of drug-likeness (QED) is 0.121. The number of aromatic nitrogens is 2. The van der Waals surface area contributed by atoms with Crippen LogP contribution in [0.1, 0.15) is 48.2 Å². The van der Waals surface area contributed by atoms with Gasteiger partial charge in [-0.2, -0.15) is 0 Å². The maximum atomic E-state index is 14.5. The lowest BCUT2D eigenvalue weighted by atomic mass is 9.60. The van der Waals surface area contributed by atoms with E-state index in [1.165, 1.54) is 0 Å². The smallest absolute Gasteiger partial charge is 0.273 e. The summed E-state index contributed by atoms with van der Waals surface area (Å²) in [6, 6.07) is 38.6. The van der Waals surface area contributed by atoms with E-state index >= 15 is 0 Å². The molecule has 8 rings (SSSR count). The number of imidazole rings is 1. The molecular formula is C41H37N5O2. The summed E-state index contributed by atoms with van der Waals surface area (Å²) >= 11 is 0. The van der Waals surface area contributed by atoms with E-state index in [1.54, 1.807) is 4.90 Å². The topological polar surface area (TPSA) is 84.5 Å². The average molecular weight is 632 g/mol. The summed E-state index contributed by atoms with van der Waals surface area (Å²) in [5.74, 6) is -0.728. The van der Waals surface area contributed by atoms with Gasteiger partial charge in [0.25, 0.3) is 5.91 Å². The molecular weight excluding hydrogens is 594 g/mol. The van der Waals surface area contributed by atoms with Gasteiger partial charge in [0.2, 0.25) is 5.91 Å². The minimum Gasteiger partial charge on any atom is -0.368 e. The van der Waals surface area contributed by atoms with Gasteiger partial charge >= 0.3 is 0 Å². The number of nitrogens with two attached hydrogens (primary N) is 1. The van der Waals surface area contributed by atoms with Crippen LogP contribution in [0.4, 0.5) is 5.69 Å². The number of amides is 2. The van der Waals surface area contributed by atoms with Crippen LogP contribution in [-0.4, -0.2) is 38.5 Å². The maximum absolute atomic E-state index is 14.5. The molecule has 2 fully saturated rings. The van der Waals surface area contributed by atoms with Crippen molar-refractivity contribution in [3.8, 4) is 0 Å². The fraction of sp³-hybridized carbons (Fsp3) is 0.195. The third-order valence-corrected chi connectivity index (χ3v) is 11.0. The summed E-state index contributed by atoms with van der Waals surface area (Å²) in [5, 5.41) is 0. The predicted octanol–water partition coefficient (Wildman–Crippen LogP) is 6.46. The van der Waals surface area contributed by atoms with Crippen LogP contribution in [0.2, 0.25) is 0 Å². The van der Waals surface area contributed by atoms with Crippen molar-refractivity contribution in [2.24, 2.45) is 11.1 Å². The third-order valence-electron chi connectivity index (χ3n) is 11.0. The molecule has 2 saturated heterocycles. The number of rotatable bonds is 8. The van der Waals surface area contributed by atoms with E-state index in [0.29, 0.717) is 17.8 Å². The van der Waals surface area contributed by atoms with Crippen LogP contribution in [0.3, 0.4) is 0 Å². The van der Waals surface area contributed by atoms with Crippen molar-refractivity contribution in [2.45, 2.75) is 43.4 Å². The van der Waals surface area contributed by atoms with Crippen LogP contribution in [-0.2, 0) is 20.5 Å². The van der Waals surface area contributed by atoms with Gasteiger partial charge in [-0.05, 0) is 46.2 Å². The van der Waals surface area contributed by atoms with Crippen LogP contribution in [0.25, 0.3) is 6.08 Å². The second-order valence-corrected chi connectivity index (χ2v) is 13.5. The van der Waals surface area contributed by atoms with Gasteiger partial charge in [0.05, 0.1) is 12.0 Å². The van der Waals surface area contributed by atoms with E-state index in [0.717, 1.165) is 27.9 Å². The van der Waals surface area contributed by atoms with Crippen LogP contribution >= 0.6 is 0 Å². The Balaban J connectivity index is 1.33. The Morgan fingerprint density at radius 1 is 0.875 bits per heavy atom. The number of nitrogens with zero attached hydrogens (tertiary/aromatic N) is 4. The second-order valence-electron chi connectivity index (χ2n) is 13.5. The summed E-state index contributed by atoms with van der Waals surface area (Å²) in [6.45, 7) is 8.45. The zero-order valence-electron chi connectivity index (χ0n) is 27.0. The van der Waals surface area contributed by atoms with Crippen molar-refractivity contribution >= 4 is 23.6 Å². The molecule has 2 amide bonds. The molecule has 4 heterocycles. The summed E-state index contributed by atoms with van der Waals surface area (Å²) in [7, 11) is 0. The first kappa shape index (κ1) is 29.7. The van der Waals surface area contributed by atoms with Crippen molar-refractivity contribution in [1.29, 1.82) is 0 Å². The van der Waals surface area contributed by atoms with Gasteiger partial charge in [-0.15, -0.1) is 6.58 Å². The van der Waals surface area contributed by atoms with E-state index in [1.807, 2.05) is 55.0 Å². The largest absolute Gasteiger partial charge is 0.368 e. The van der Waals surface area contributed by atoms with Crippen molar-refractivity contribution < 1.29 is 9.59 Å². The average Bonchev–Trinajstić information content (AvgIpc) is 3.87. The lowest BCUT2D eigenvalue weighted by Crippen LogP contribution is -2.51. The minimum absolute atomic E-state index is 0.227. The number of allylic oxidation sites excluding steroid dienone is 1. The second kappa shape index (κ2) is 10.7. The van der Waals surface area contributed by atoms with E-state index in [-0.39, 0.29) is 5.91 Å². The fourth-order valence-corrected chi connectivity index (χ4v) is 8.67. The zero-order valence-corrected chi connectivity index (χ0v) is 27.0. The lowest BCUT2D eigenvalue weighted by molar-refractivity contribution is -0.133. The van der Waals surface area contributed by atoms with Crippen molar-refractivity contribution in [3.05, 3.63) is 174 Å². The van der Waals surface area contributed by atoms with E-state index in [9.17, 15) is 9.59 Å². The highest BCUT2D eigenvalue weighted by molar-refractivity contribution is 6.09. The van der Waals surface area contributed by atoms with Crippen molar-refractivity contribution in [2.75, 3.05) is 4.90 Å². The van der Waals surface area contributed by atoms with Gasteiger partial charge in [0, 0.05) is 17.3 Å². The number of benzene rings is 4. The normalized spacial score (nSPS) is 22.2. The van der Waals surface area contributed by atoms with E-state index in [2.05, 4.69) is 115 Å². The maximum Gasteiger partial charge on any atom is 0.273 e. The molecule has 0 saturated carbocycles. The van der Waals surface area contributed by atoms with E-state index < -0.39 is 34.5 Å². The first-order chi connectivity index (χ1) is 23.3. The Kier molecular flexibility index (Phi) is 6.60. The molecule has 1 aromatic heterocycles. The first-order valence-electron chi connectivity index (χ1n) is 16.3. The number of anilines is 1. The summed E-state index contributed by atoms with van der Waals surface area (Å²) in [6.07, 6.45) is 7.66. The number of para-hydroxylation sites is 1. The molecule has 2 N–H and O–H groups in total. The highest BCUT2D eigenvalue weighted by atomic mass is 16.2. The predicted molar refractivity (Wildman–Crippen MR) is 188 cm³/mol. The number of carbonyl (C=O) groups excluding carboxylic acids is 2. The Bertz CT molecular complexity index is 1990. The number of carbonyl (C=O) groups is 2. The SMILES string of the molecule is C=CC(C)(C)[C@]12C[C@@H](C(N)=O)N3C(=O)/C(=C/c4cn(C(c5ccccc5)(c5ccccc5)c5ccccc5)cn4)N(c4ccccc41)[C@@H]32. The van der Waals surface area contributed by atoms with Gasteiger partial charge in [-0.3, -0.25) is 9.59 Å². The van der Waals surface area contributed by atoms with E-state index in [4.69, 9.17) is 10.7 Å². The van der Waals surface area contributed by atoms with Crippen LogP contribution < -0.4 is 10.6 Å². The molecule has 3 aliphatic rings. The number of hydrogen-bond acceptors (Lipinski definition) is 4. The van der Waals surface area contributed by atoms with Crippen molar-refractivity contribution in [1.82, 2.24) is 14.5 Å². The molecule has 7 heteroatoms. The third kappa shape index (κ3) is 3.84. The molecule has 0 spiro atoms. The summed E-state index contributed by atoms with van der Waals surface area (Å²) < 4.78 is 2.13. The monoisotopic (exact) mass is 631 g/mol. The number of primary amides is 1. The lowest BCUT2D eigenvalue weighted by Gasteiger charge is -2.43. The molecule has 0 aliphatic carbocycles. The van der Waals surface area contributed by atoms with Gasteiger partial charge in [-0.25, -0.2) is 4.98 Å². The molecule has 238 valence electrons. The van der Waals surface area contributed by atoms with Crippen LogP contribution in [0, 0.1) is 5.41 Å². The van der Waals surface area contributed by atoms with Gasteiger partial charge in [-0.1, -0.05) is 129 Å². The molecule has 3 atom stereocenters. The molecule has 5 aromatic rings. The molecule has 7 nitrogen and oxygen atoms in total. The van der Waals surface area contributed by atoms with Crippen LogP contribution in [0.5, 0.6) is 0 Å². The molecule has 0 bridgehead atoms. The standard InChI is InChI=1S/C41H37N5O2/c1-4-39(2,3)40-25-35(36(42)47)46-37(48)34(45(38(40)46)33-23-15-14-22-32(33)40)24-31-26-44(27-43-31)41(28-16-8-5-9-17-28,29-18-10-6-11-19-29)30-20-12-7-13-21-30/h4-24,26-27,35,38H,1,25H2,2-3H3,(H2,42,47)/b34-24-/t35-,38-,40+/m0/s1. The molecule has 4 aromatic carbocycles. The molecule has 48 heavy (non-hydrogen) atoms. The zero-order chi connectivity index (χ0) is 33.3. The Morgan fingerprint density at radius 3 is 1.96 bits per heavy atom.